The van der Waals surface area contributed by atoms with E-state index in [0.29, 0.717) is 24.7 Å². The van der Waals surface area contributed by atoms with E-state index in [1.807, 2.05) is 38.1 Å². The summed E-state index contributed by atoms with van der Waals surface area (Å²) in [6.45, 7) is 4.76. The first-order valence-corrected chi connectivity index (χ1v) is 9.78. The van der Waals surface area contributed by atoms with E-state index in [4.69, 9.17) is 9.47 Å². The summed E-state index contributed by atoms with van der Waals surface area (Å²) in [6.07, 6.45) is 0. The quantitative estimate of drug-likeness (QED) is 0.513. The zero-order chi connectivity index (χ0) is 21.3. The minimum Gasteiger partial charge on any atom is -0.490 e. The van der Waals surface area contributed by atoms with E-state index in [-0.39, 0.29) is 12.3 Å². The fourth-order valence-corrected chi connectivity index (χ4v) is 2.82. The summed E-state index contributed by atoms with van der Waals surface area (Å²) in [5.74, 6) is 0.0676. The summed E-state index contributed by atoms with van der Waals surface area (Å²) < 4.78 is 24.9. The fourth-order valence-electron chi connectivity index (χ4n) is 2.82. The first-order valence-electron chi connectivity index (χ1n) is 9.78. The van der Waals surface area contributed by atoms with Crippen molar-refractivity contribution in [3.05, 3.63) is 83.7 Å². The molecule has 0 unspecified atom stereocenters. The highest BCUT2D eigenvalue weighted by molar-refractivity contribution is 5.92. The van der Waals surface area contributed by atoms with Crippen LogP contribution in [-0.4, -0.2) is 19.1 Å². The van der Waals surface area contributed by atoms with Crippen LogP contribution in [0.3, 0.4) is 0 Å². The van der Waals surface area contributed by atoms with Crippen LogP contribution < -0.4 is 20.1 Å². The smallest absolute Gasteiger partial charge is 0.262 e. The van der Waals surface area contributed by atoms with Gasteiger partial charge in [-0.3, -0.25) is 4.79 Å². The van der Waals surface area contributed by atoms with Crippen LogP contribution in [0.1, 0.15) is 18.1 Å². The third-order valence-corrected chi connectivity index (χ3v) is 4.36. The largest absolute Gasteiger partial charge is 0.490 e. The highest BCUT2D eigenvalue weighted by atomic mass is 19.1. The molecule has 3 rings (SSSR count). The molecule has 0 aliphatic rings. The van der Waals surface area contributed by atoms with Crippen LogP contribution >= 0.6 is 0 Å². The Morgan fingerprint density at radius 1 is 0.967 bits per heavy atom. The second kappa shape index (κ2) is 10.3. The molecule has 0 aliphatic carbocycles. The third kappa shape index (κ3) is 5.98. The van der Waals surface area contributed by atoms with Crippen molar-refractivity contribution < 1.29 is 18.7 Å². The lowest BCUT2D eigenvalue weighted by molar-refractivity contribution is -0.118. The van der Waals surface area contributed by atoms with Crippen LogP contribution in [-0.2, 0) is 11.3 Å². The lowest BCUT2D eigenvalue weighted by Gasteiger charge is -2.14. The molecule has 0 aromatic heterocycles. The Kier molecular flexibility index (Phi) is 7.27. The summed E-state index contributed by atoms with van der Waals surface area (Å²) in [5, 5.41) is 5.86. The molecular weight excluding hydrogens is 383 g/mol. The van der Waals surface area contributed by atoms with Gasteiger partial charge in [-0.1, -0.05) is 35.9 Å². The molecule has 156 valence electrons. The number of para-hydroxylation sites is 1. The molecule has 30 heavy (non-hydrogen) atoms. The van der Waals surface area contributed by atoms with Crippen molar-refractivity contribution >= 4 is 17.3 Å². The lowest BCUT2D eigenvalue weighted by atomic mass is 10.2. The maximum atomic E-state index is 13.7. The number of aryl methyl sites for hydroxylation is 1. The van der Waals surface area contributed by atoms with Gasteiger partial charge in [0.1, 0.15) is 5.82 Å². The monoisotopic (exact) mass is 408 g/mol. The zero-order valence-corrected chi connectivity index (χ0v) is 17.1. The Bertz CT molecular complexity index is 990. The maximum Gasteiger partial charge on any atom is 0.262 e. The van der Waals surface area contributed by atoms with Gasteiger partial charge in [0.15, 0.2) is 18.1 Å². The molecule has 0 bridgehead atoms. The van der Waals surface area contributed by atoms with E-state index >= 15 is 0 Å². The van der Waals surface area contributed by atoms with Crippen LogP contribution in [0, 0.1) is 12.7 Å². The van der Waals surface area contributed by atoms with E-state index in [9.17, 15) is 9.18 Å². The second-order valence-electron chi connectivity index (χ2n) is 6.75. The van der Waals surface area contributed by atoms with E-state index in [2.05, 4.69) is 22.8 Å². The number of amides is 1. The highest BCUT2D eigenvalue weighted by Gasteiger charge is 2.11. The van der Waals surface area contributed by atoms with Crippen molar-refractivity contribution in [2.75, 3.05) is 23.8 Å². The number of nitrogens with one attached hydrogen (secondary N) is 2. The number of hydrogen-bond acceptors (Lipinski definition) is 4. The number of halogens is 1. The molecule has 2 N–H and O–H groups in total. The van der Waals surface area contributed by atoms with Gasteiger partial charge < -0.3 is 20.1 Å². The first kappa shape index (κ1) is 21.2. The van der Waals surface area contributed by atoms with E-state index in [0.717, 1.165) is 11.3 Å². The van der Waals surface area contributed by atoms with Gasteiger partial charge in [-0.25, -0.2) is 4.39 Å². The predicted molar refractivity (Wildman–Crippen MR) is 117 cm³/mol. The summed E-state index contributed by atoms with van der Waals surface area (Å²) in [6, 6.07) is 19.7. The van der Waals surface area contributed by atoms with Crippen LogP contribution in [0.5, 0.6) is 11.5 Å². The minimum absolute atomic E-state index is 0.119. The molecule has 0 radical (unpaired) electrons. The first-order chi connectivity index (χ1) is 14.5. The van der Waals surface area contributed by atoms with Gasteiger partial charge in [0.25, 0.3) is 5.91 Å². The summed E-state index contributed by atoms with van der Waals surface area (Å²) in [4.78, 5) is 12.1. The van der Waals surface area contributed by atoms with Gasteiger partial charge in [-0.2, -0.15) is 0 Å². The Balaban J connectivity index is 1.60. The summed E-state index contributed by atoms with van der Waals surface area (Å²) in [7, 11) is 0. The van der Waals surface area contributed by atoms with E-state index in [1.165, 1.54) is 17.7 Å². The van der Waals surface area contributed by atoms with Crippen molar-refractivity contribution in [1.29, 1.82) is 0 Å². The number of carbonyl (C=O) groups excluding carboxylic acids is 1. The van der Waals surface area contributed by atoms with Crippen molar-refractivity contribution in [2.24, 2.45) is 0 Å². The molecule has 5 nitrogen and oxygen atoms in total. The van der Waals surface area contributed by atoms with Crippen LogP contribution in [0.15, 0.2) is 66.7 Å². The number of benzene rings is 3. The Labute approximate surface area is 175 Å². The predicted octanol–water partition coefficient (Wildman–Crippen LogP) is 5.16. The number of ether oxygens (including phenoxy) is 2. The second-order valence-corrected chi connectivity index (χ2v) is 6.75. The Morgan fingerprint density at radius 2 is 1.73 bits per heavy atom. The molecule has 0 heterocycles. The van der Waals surface area contributed by atoms with Crippen LogP contribution in [0.25, 0.3) is 0 Å². The third-order valence-electron chi connectivity index (χ3n) is 4.36. The van der Waals surface area contributed by atoms with Gasteiger partial charge in [0.05, 0.1) is 12.3 Å². The lowest BCUT2D eigenvalue weighted by Crippen LogP contribution is -2.21. The highest BCUT2D eigenvalue weighted by Crippen LogP contribution is 2.29. The van der Waals surface area contributed by atoms with Crippen LogP contribution in [0.2, 0.25) is 0 Å². The molecule has 3 aromatic carbocycles. The van der Waals surface area contributed by atoms with Gasteiger partial charge in [-0.15, -0.1) is 0 Å². The van der Waals surface area contributed by atoms with Gasteiger partial charge in [0.2, 0.25) is 0 Å². The van der Waals surface area contributed by atoms with Crippen LogP contribution in [0.4, 0.5) is 15.8 Å². The molecule has 0 aliphatic heterocycles. The maximum absolute atomic E-state index is 13.7. The summed E-state index contributed by atoms with van der Waals surface area (Å²) >= 11 is 0. The average molecular weight is 408 g/mol. The van der Waals surface area contributed by atoms with Gasteiger partial charge in [-0.05, 0) is 55.8 Å². The molecule has 1 amide bonds. The van der Waals surface area contributed by atoms with Crippen molar-refractivity contribution in [1.82, 2.24) is 0 Å². The average Bonchev–Trinajstić information content (AvgIpc) is 2.74. The van der Waals surface area contributed by atoms with Gasteiger partial charge in [0, 0.05) is 12.2 Å². The number of anilines is 2. The van der Waals surface area contributed by atoms with E-state index in [1.54, 1.807) is 18.2 Å². The standard InChI is InChI=1S/C24H25FN2O3/c1-3-29-23-14-18(15-26-19-11-8-17(2)9-12-19)10-13-22(23)30-16-24(28)27-21-7-5-4-6-20(21)25/h4-14,26H,3,15-16H2,1-2H3,(H,27,28). The van der Waals surface area contributed by atoms with Gasteiger partial charge >= 0.3 is 0 Å². The molecule has 0 saturated heterocycles. The SMILES string of the molecule is CCOc1cc(CNc2ccc(C)cc2)ccc1OCC(=O)Nc1ccccc1F. The molecule has 0 fully saturated rings. The number of hydrogen-bond donors (Lipinski definition) is 2. The molecule has 3 aromatic rings. The topological polar surface area (TPSA) is 59.6 Å². The molecule has 0 atom stereocenters. The summed E-state index contributed by atoms with van der Waals surface area (Å²) in [5.41, 5.74) is 3.37. The number of carbonyl (C=O) groups is 1. The van der Waals surface area contributed by atoms with Crippen molar-refractivity contribution in [3.63, 3.8) is 0 Å². The molecule has 0 saturated carbocycles. The molecule has 0 spiro atoms. The fraction of sp³-hybridized carbons (Fsp3) is 0.208. The number of rotatable bonds is 9. The van der Waals surface area contributed by atoms with Crippen molar-refractivity contribution in [2.45, 2.75) is 20.4 Å². The Hall–Kier alpha value is -3.54. The van der Waals surface area contributed by atoms with Crippen molar-refractivity contribution in [3.8, 4) is 11.5 Å². The Morgan fingerprint density at radius 3 is 2.47 bits per heavy atom. The molecule has 6 heteroatoms. The van der Waals surface area contributed by atoms with E-state index < -0.39 is 11.7 Å². The molecular formula is C24H25FN2O3. The minimum atomic E-state index is -0.494. The zero-order valence-electron chi connectivity index (χ0n) is 17.1. The normalized spacial score (nSPS) is 10.4.